The van der Waals surface area contributed by atoms with E-state index in [0.717, 1.165) is 46.0 Å². The minimum atomic E-state index is -4.97. The molecule has 1 heterocycles. The Labute approximate surface area is 206 Å². The average molecular weight is 542 g/mol. The monoisotopic (exact) mass is 541 g/mol. The van der Waals surface area contributed by atoms with Crippen molar-refractivity contribution in [3.8, 4) is 0 Å². The molecule has 0 saturated heterocycles. The highest BCUT2D eigenvalue weighted by Gasteiger charge is 2.35. The fourth-order valence-corrected chi connectivity index (χ4v) is 6.78. The van der Waals surface area contributed by atoms with Crippen molar-refractivity contribution in [2.45, 2.75) is 22.5 Å². The summed E-state index contributed by atoms with van der Waals surface area (Å²) in [6, 6.07) is 13.6. The van der Waals surface area contributed by atoms with Crippen LogP contribution in [-0.4, -0.2) is 19.5 Å². The first kappa shape index (κ1) is 25.0. The van der Waals surface area contributed by atoms with Gasteiger partial charge in [0.05, 0.1) is 22.6 Å². The number of alkyl halides is 3. The molecule has 0 radical (unpaired) electrons. The zero-order valence-electron chi connectivity index (χ0n) is 17.5. The van der Waals surface area contributed by atoms with Crippen molar-refractivity contribution in [2.24, 2.45) is 0 Å². The second kappa shape index (κ2) is 9.17. The van der Waals surface area contributed by atoms with Crippen molar-refractivity contribution >= 4 is 55.0 Å². The molecule has 1 N–H and O–H groups in total. The van der Waals surface area contributed by atoms with Gasteiger partial charge in [-0.1, -0.05) is 24.3 Å². The molecule has 0 aliphatic rings. The van der Waals surface area contributed by atoms with Crippen molar-refractivity contribution in [3.63, 3.8) is 0 Å². The van der Waals surface area contributed by atoms with Gasteiger partial charge in [0.25, 0.3) is 10.0 Å². The molecular weight excluding hydrogens is 526 g/mol. The summed E-state index contributed by atoms with van der Waals surface area (Å²) in [7, 11) is -4.40. The average Bonchev–Trinajstić information content (AvgIpc) is 3.13. The summed E-state index contributed by atoms with van der Waals surface area (Å²) in [6.07, 6.45) is -4.97. The van der Waals surface area contributed by atoms with Crippen LogP contribution in [0.25, 0.3) is 10.1 Å². The molecule has 4 aromatic rings. The van der Waals surface area contributed by atoms with Gasteiger partial charge in [-0.15, -0.1) is 24.0 Å². The molecule has 35 heavy (non-hydrogen) atoms. The number of carboxylic acid groups (broad SMARTS) is 1. The molecule has 0 spiro atoms. The number of fused-ring (bicyclic) bond motifs is 1. The summed E-state index contributed by atoms with van der Waals surface area (Å²) in [5.74, 6) is -2.73. The Morgan fingerprint density at radius 1 is 1.03 bits per heavy atom. The van der Waals surface area contributed by atoms with Crippen LogP contribution in [0.5, 0.6) is 0 Å². The van der Waals surface area contributed by atoms with Gasteiger partial charge in [-0.05, 0) is 48.0 Å². The maximum absolute atomic E-state index is 13.8. The number of thiol groups is 1. The molecule has 0 aliphatic heterocycles. The van der Waals surface area contributed by atoms with Crippen LogP contribution in [-0.2, 0) is 22.7 Å². The number of carboxylic acids is 1. The molecule has 1 aromatic heterocycles. The number of rotatable bonds is 6. The van der Waals surface area contributed by atoms with Gasteiger partial charge in [0.1, 0.15) is 10.8 Å². The Morgan fingerprint density at radius 2 is 1.69 bits per heavy atom. The molecule has 0 aliphatic carbocycles. The molecule has 182 valence electrons. The summed E-state index contributed by atoms with van der Waals surface area (Å²) >= 11 is 5.55. The number of nitrogens with zero attached hydrogens (tertiary/aromatic N) is 1. The third kappa shape index (κ3) is 4.86. The van der Waals surface area contributed by atoms with E-state index < -0.39 is 40.1 Å². The van der Waals surface area contributed by atoms with E-state index in [2.05, 4.69) is 12.6 Å². The Balaban J connectivity index is 1.87. The predicted octanol–water partition coefficient (Wildman–Crippen LogP) is 6.44. The van der Waals surface area contributed by atoms with E-state index in [0.29, 0.717) is 27.1 Å². The largest absolute Gasteiger partial charge is 0.478 e. The van der Waals surface area contributed by atoms with Gasteiger partial charge in [0.2, 0.25) is 0 Å². The standard InChI is InChI=1S/C23H15F4NO4S3/c24-18-10-5-13(11-17(18)23(25,26)27)12-28(21-20(33)16-3-1-2-4-19(16)34-21)35(31,32)15-8-6-14(7-9-15)22(29)30/h1-11,33H,12H2,(H,29,30). The molecule has 12 heteroatoms. The highest BCUT2D eigenvalue weighted by Crippen LogP contribution is 2.43. The van der Waals surface area contributed by atoms with Crippen molar-refractivity contribution in [2.75, 3.05) is 4.31 Å². The minimum absolute atomic E-state index is 0.102. The van der Waals surface area contributed by atoms with E-state index in [1.165, 1.54) is 0 Å². The number of aromatic carboxylic acids is 1. The zero-order valence-corrected chi connectivity index (χ0v) is 20.0. The summed E-state index contributed by atoms with van der Waals surface area (Å²) in [6.45, 7) is -0.549. The molecule has 0 atom stereocenters. The molecule has 0 fully saturated rings. The van der Waals surface area contributed by atoms with E-state index in [1.54, 1.807) is 24.3 Å². The topological polar surface area (TPSA) is 74.7 Å². The van der Waals surface area contributed by atoms with Gasteiger partial charge in [0.15, 0.2) is 0 Å². The van der Waals surface area contributed by atoms with E-state index in [1.807, 2.05) is 0 Å². The van der Waals surface area contributed by atoms with Gasteiger partial charge in [0, 0.05) is 15.0 Å². The first-order valence-corrected chi connectivity index (χ1v) is 12.5. The van der Waals surface area contributed by atoms with Crippen molar-refractivity contribution in [1.29, 1.82) is 0 Å². The maximum Gasteiger partial charge on any atom is 0.419 e. The summed E-state index contributed by atoms with van der Waals surface area (Å²) in [5.41, 5.74) is -1.75. The SMILES string of the molecule is O=C(O)c1ccc(S(=O)(=O)N(Cc2ccc(F)c(C(F)(F)F)c2)c2sc3ccccc3c2S)cc1. The lowest BCUT2D eigenvalue weighted by Crippen LogP contribution is -2.30. The van der Waals surface area contributed by atoms with Crippen molar-refractivity contribution < 1.29 is 35.9 Å². The Morgan fingerprint density at radius 3 is 2.29 bits per heavy atom. The van der Waals surface area contributed by atoms with E-state index in [4.69, 9.17) is 5.11 Å². The normalized spacial score (nSPS) is 12.1. The molecular formula is C23H15F4NO4S3. The highest BCUT2D eigenvalue weighted by molar-refractivity contribution is 7.93. The van der Waals surface area contributed by atoms with Crippen molar-refractivity contribution in [3.05, 3.63) is 89.2 Å². The van der Waals surface area contributed by atoms with E-state index in [-0.39, 0.29) is 21.0 Å². The molecule has 4 rings (SSSR count). The van der Waals surface area contributed by atoms with E-state index >= 15 is 0 Å². The molecule has 5 nitrogen and oxygen atoms in total. The lowest BCUT2D eigenvalue weighted by atomic mass is 10.1. The Hall–Kier alpha value is -3.09. The summed E-state index contributed by atoms with van der Waals surface area (Å²) in [4.78, 5) is 11.2. The van der Waals surface area contributed by atoms with Gasteiger partial charge in [-0.2, -0.15) is 13.2 Å². The molecule has 0 bridgehead atoms. The second-order valence-corrected chi connectivity index (χ2v) is 10.7. The molecule has 0 amide bonds. The smallest absolute Gasteiger partial charge is 0.419 e. The molecule has 3 aromatic carbocycles. The fourth-order valence-electron chi connectivity index (χ4n) is 3.40. The summed E-state index contributed by atoms with van der Waals surface area (Å²) < 4.78 is 82.5. The molecule has 0 saturated carbocycles. The first-order valence-electron chi connectivity index (χ1n) is 9.82. The van der Waals surface area contributed by atoms with Crippen LogP contribution < -0.4 is 4.31 Å². The Bertz CT molecular complexity index is 1530. The van der Waals surface area contributed by atoms with Crippen LogP contribution in [0.3, 0.4) is 0 Å². The van der Waals surface area contributed by atoms with Crippen LogP contribution >= 0.6 is 24.0 Å². The third-order valence-electron chi connectivity index (χ3n) is 5.13. The molecule has 0 unspecified atom stereocenters. The van der Waals surface area contributed by atoms with Crippen LogP contribution in [0, 0.1) is 5.82 Å². The summed E-state index contributed by atoms with van der Waals surface area (Å²) in [5, 5.41) is 9.89. The van der Waals surface area contributed by atoms with Gasteiger partial charge in [-0.3, -0.25) is 4.31 Å². The quantitative estimate of drug-likeness (QED) is 0.218. The van der Waals surface area contributed by atoms with Gasteiger partial charge in [-0.25, -0.2) is 17.6 Å². The number of carbonyl (C=O) groups is 1. The van der Waals surface area contributed by atoms with Crippen LogP contribution in [0.4, 0.5) is 22.6 Å². The first-order chi connectivity index (χ1) is 16.4. The number of hydrogen-bond acceptors (Lipinski definition) is 5. The number of benzene rings is 3. The number of hydrogen-bond donors (Lipinski definition) is 2. The number of sulfonamides is 1. The van der Waals surface area contributed by atoms with Crippen LogP contribution in [0.1, 0.15) is 21.5 Å². The lowest BCUT2D eigenvalue weighted by molar-refractivity contribution is -0.140. The number of anilines is 1. The second-order valence-electron chi connectivity index (χ2n) is 7.41. The third-order valence-corrected chi connectivity index (χ3v) is 8.80. The van der Waals surface area contributed by atoms with Crippen LogP contribution in [0.2, 0.25) is 0 Å². The fraction of sp³-hybridized carbons (Fsp3) is 0.0870. The maximum atomic E-state index is 13.8. The minimum Gasteiger partial charge on any atom is -0.478 e. The zero-order chi connectivity index (χ0) is 25.5. The number of thiophene rings is 1. The van der Waals surface area contributed by atoms with Gasteiger partial charge < -0.3 is 5.11 Å². The number of halogens is 4. The van der Waals surface area contributed by atoms with Gasteiger partial charge >= 0.3 is 12.1 Å². The van der Waals surface area contributed by atoms with E-state index in [9.17, 15) is 30.8 Å². The van der Waals surface area contributed by atoms with Crippen molar-refractivity contribution in [1.82, 2.24) is 0 Å². The van der Waals surface area contributed by atoms with Crippen LogP contribution in [0.15, 0.2) is 76.5 Å². The lowest BCUT2D eigenvalue weighted by Gasteiger charge is -2.24. The predicted molar refractivity (Wildman–Crippen MR) is 127 cm³/mol. The highest BCUT2D eigenvalue weighted by atomic mass is 32.2. The Kier molecular flexibility index (Phi) is 6.56.